The van der Waals surface area contributed by atoms with E-state index in [9.17, 15) is 0 Å². The highest BCUT2D eigenvalue weighted by Gasteiger charge is 2.06. The fourth-order valence-electron chi connectivity index (χ4n) is 1.50. The molecule has 3 nitrogen and oxygen atoms in total. The van der Waals surface area contributed by atoms with Crippen molar-refractivity contribution in [2.45, 2.75) is 51.8 Å². The van der Waals surface area contributed by atoms with Crippen LogP contribution in [0.15, 0.2) is 6.07 Å². The van der Waals surface area contributed by atoms with E-state index in [4.69, 9.17) is 11.6 Å². The summed E-state index contributed by atoms with van der Waals surface area (Å²) in [6.07, 6.45) is 1.96. The van der Waals surface area contributed by atoms with Gasteiger partial charge in [0.1, 0.15) is 11.6 Å². The Kier molecular flexibility index (Phi) is 5.69. The Morgan fingerprint density at radius 1 is 1.35 bits per heavy atom. The summed E-state index contributed by atoms with van der Waals surface area (Å²) in [6.45, 7) is 9.16. The van der Waals surface area contributed by atoms with Crippen LogP contribution in [0.3, 0.4) is 0 Å². The van der Waals surface area contributed by atoms with E-state index in [1.54, 1.807) is 0 Å². The standard InChI is InChI=1S/C13H22ClN3/c1-5-11(14)6-7-15-12-8-10(4)16-13(17-12)9(2)3/h8-9,11H,5-7H2,1-4H3,(H,15,16,17). The topological polar surface area (TPSA) is 37.8 Å². The Balaban J connectivity index is 2.59. The van der Waals surface area contributed by atoms with Gasteiger partial charge in [0.15, 0.2) is 0 Å². The molecule has 1 aromatic rings. The molecule has 1 atom stereocenters. The number of halogens is 1. The maximum atomic E-state index is 6.07. The molecule has 0 fully saturated rings. The zero-order chi connectivity index (χ0) is 12.8. The van der Waals surface area contributed by atoms with Crippen molar-refractivity contribution in [3.05, 3.63) is 17.6 Å². The van der Waals surface area contributed by atoms with Crippen molar-refractivity contribution in [1.29, 1.82) is 0 Å². The second-order valence-electron chi connectivity index (χ2n) is 4.63. The zero-order valence-electron chi connectivity index (χ0n) is 11.1. The number of hydrogen-bond acceptors (Lipinski definition) is 3. The first-order valence-corrected chi connectivity index (χ1v) is 6.70. The van der Waals surface area contributed by atoms with Gasteiger partial charge in [0.2, 0.25) is 0 Å². The van der Waals surface area contributed by atoms with Crippen molar-refractivity contribution in [1.82, 2.24) is 9.97 Å². The molecule has 0 amide bonds. The molecule has 0 saturated carbocycles. The molecule has 1 N–H and O–H groups in total. The molecule has 96 valence electrons. The SMILES string of the molecule is CCC(Cl)CCNc1cc(C)nc(C(C)C)n1. The second-order valence-corrected chi connectivity index (χ2v) is 5.25. The molecule has 17 heavy (non-hydrogen) atoms. The first kappa shape index (κ1) is 14.2. The summed E-state index contributed by atoms with van der Waals surface area (Å²) in [5, 5.41) is 3.56. The monoisotopic (exact) mass is 255 g/mol. The number of hydrogen-bond donors (Lipinski definition) is 1. The summed E-state index contributed by atoms with van der Waals surface area (Å²) >= 11 is 6.07. The quantitative estimate of drug-likeness (QED) is 0.787. The number of aryl methyl sites for hydroxylation is 1. The Hall–Kier alpha value is -0.830. The van der Waals surface area contributed by atoms with Crippen LogP contribution in [0.4, 0.5) is 5.82 Å². The molecule has 1 rings (SSSR count). The van der Waals surface area contributed by atoms with Crippen molar-refractivity contribution in [3.8, 4) is 0 Å². The van der Waals surface area contributed by atoms with Gasteiger partial charge in [-0.05, 0) is 19.8 Å². The number of aromatic nitrogens is 2. The Bertz CT molecular complexity index is 353. The first-order chi connectivity index (χ1) is 8.02. The lowest BCUT2D eigenvalue weighted by Crippen LogP contribution is -2.11. The summed E-state index contributed by atoms with van der Waals surface area (Å²) in [6, 6.07) is 1.97. The molecule has 0 aliphatic carbocycles. The van der Waals surface area contributed by atoms with Gasteiger partial charge in [-0.15, -0.1) is 11.6 Å². The molecule has 1 aromatic heterocycles. The molecule has 4 heteroatoms. The molecule has 0 bridgehead atoms. The van der Waals surface area contributed by atoms with Crippen LogP contribution < -0.4 is 5.32 Å². The Labute approximate surface area is 109 Å². The van der Waals surface area contributed by atoms with Crippen LogP contribution >= 0.6 is 11.6 Å². The van der Waals surface area contributed by atoms with E-state index in [-0.39, 0.29) is 5.38 Å². The molecule has 0 aliphatic rings. The highest BCUT2D eigenvalue weighted by Crippen LogP contribution is 2.14. The molecule has 0 spiro atoms. The minimum Gasteiger partial charge on any atom is -0.370 e. The van der Waals surface area contributed by atoms with Crippen LogP contribution in [0.1, 0.15) is 51.0 Å². The van der Waals surface area contributed by atoms with Crippen LogP contribution in [0, 0.1) is 6.92 Å². The summed E-state index contributed by atoms with van der Waals surface area (Å²) in [5.74, 6) is 2.15. The predicted octanol–water partition coefficient (Wildman–Crippen LogP) is 3.73. The van der Waals surface area contributed by atoms with Gasteiger partial charge in [0.05, 0.1) is 0 Å². The number of anilines is 1. The van der Waals surface area contributed by atoms with E-state index >= 15 is 0 Å². The second kappa shape index (κ2) is 6.80. The molecule has 0 aromatic carbocycles. The van der Waals surface area contributed by atoms with Crippen LogP contribution in [0.25, 0.3) is 0 Å². The van der Waals surface area contributed by atoms with Crippen molar-refractivity contribution < 1.29 is 0 Å². The molecule has 0 aliphatic heterocycles. The van der Waals surface area contributed by atoms with E-state index in [0.29, 0.717) is 5.92 Å². The number of rotatable bonds is 6. The number of alkyl halides is 1. The van der Waals surface area contributed by atoms with Gasteiger partial charge in [0.25, 0.3) is 0 Å². The van der Waals surface area contributed by atoms with Crippen LogP contribution in [0.2, 0.25) is 0 Å². The van der Waals surface area contributed by atoms with Gasteiger partial charge >= 0.3 is 0 Å². The highest BCUT2D eigenvalue weighted by atomic mass is 35.5. The van der Waals surface area contributed by atoms with Crippen LogP contribution in [-0.4, -0.2) is 21.9 Å². The summed E-state index contributed by atoms with van der Waals surface area (Å²) in [7, 11) is 0. The van der Waals surface area contributed by atoms with Gasteiger partial charge in [0, 0.05) is 29.6 Å². The van der Waals surface area contributed by atoms with E-state index in [1.807, 2.05) is 13.0 Å². The summed E-state index contributed by atoms with van der Waals surface area (Å²) in [4.78, 5) is 8.91. The van der Waals surface area contributed by atoms with Gasteiger partial charge in [-0.3, -0.25) is 0 Å². The predicted molar refractivity (Wildman–Crippen MR) is 73.9 cm³/mol. The van der Waals surface area contributed by atoms with E-state index < -0.39 is 0 Å². The van der Waals surface area contributed by atoms with Crippen molar-refractivity contribution >= 4 is 17.4 Å². The first-order valence-electron chi connectivity index (χ1n) is 6.26. The third kappa shape index (κ3) is 4.90. The third-order valence-corrected chi connectivity index (χ3v) is 3.12. The molecule has 1 unspecified atom stereocenters. The fraction of sp³-hybridized carbons (Fsp3) is 0.692. The van der Waals surface area contributed by atoms with Crippen LogP contribution in [-0.2, 0) is 0 Å². The van der Waals surface area contributed by atoms with Crippen molar-refractivity contribution in [3.63, 3.8) is 0 Å². The molecule has 0 saturated heterocycles. The van der Waals surface area contributed by atoms with Crippen molar-refractivity contribution in [2.75, 3.05) is 11.9 Å². The normalized spacial score (nSPS) is 12.8. The van der Waals surface area contributed by atoms with Gasteiger partial charge in [-0.2, -0.15) is 0 Å². The Morgan fingerprint density at radius 3 is 2.65 bits per heavy atom. The Morgan fingerprint density at radius 2 is 2.06 bits per heavy atom. The summed E-state index contributed by atoms with van der Waals surface area (Å²) in [5.41, 5.74) is 1.00. The van der Waals surface area contributed by atoms with Crippen molar-refractivity contribution in [2.24, 2.45) is 0 Å². The zero-order valence-corrected chi connectivity index (χ0v) is 11.9. The third-order valence-electron chi connectivity index (χ3n) is 2.59. The minimum absolute atomic E-state index is 0.245. The fourth-order valence-corrected chi connectivity index (χ4v) is 1.61. The van der Waals surface area contributed by atoms with Crippen LogP contribution in [0.5, 0.6) is 0 Å². The average molecular weight is 256 g/mol. The smallest absolute Gasteiger partial charge is 0.133 e. The lowest BCUT2D eigenvalue weighted by molar-refractivity contribution is 0.743. The van der Waals surface area contributed by atoms with E-state index in [1.165, 1.54) is 0 Å². The number of nitrogens with zero attached hydrogens (tertiary/aromatic N) is 2. The minimum atomic E-state index is 0.245. The highest BCUT2D eigenvalue weighted by molar-refractivity contribution is 6.20. The lowest BCUT2D eigenvalue weighted by atomic mass is 10.2. The molecular weight excluding hydrogens is 234 g/mol. The maximum absolute atomic E-state index is 6.07. The van der Waals surface area contributed by atoms with E-state index in [2.05, 4.69) is 36.1 Å². The maximum Gasteiger partial charge on any atom is 0.133 e. The van der Waals surface area contributed by atoms with Gasteiger partial charge in [-0.25, -0.2) is 9.97 Å². The summed E-state index contributed by atoms with van der Waals surface area (Å²) < 4.78 is 0. The van der Waals surface area contributed by atoms with E-state index in [0.717, 1.165) is 36.7 Å². The lowest BCUT2D eigenvalue weighted by Gasteiger charge is -2.11. The number of nitrogens with one attached hydrogen (secondary N) is 1. The largest absolute Gasteiger partial charge is 0.370 e. The van der Waals surface area contributed by atoms with Gasteiger partial charge < -0.3 is 5.32 Å². The molecular formula is C13H22ClN3. The average Bonchev–Trinajstić information content (AvgIpc) is 2.28. The molecule has 1 heterocycles. The molecule has 0 radical (unpaired) electrons. The van der Waals surface area contributed by atoms with Gasteiger partial charge in [-0.1, -0.05) is 20.8 Å².